The number of aromatic nitrogens is 3. The van der Waals surface area contributed by atoms with Gasteiger partial charge in [0.15, 0.2) is 0 Å². The Morgan fingerprint density at radius 2 is 0.746 bits per heavy atom. The average Bonchev–Trinajstić information content (AvgIpc) is 4.00. The summed E-state index contributed by atoms with van der Waals surface area (Å²) in [4.78, 5) is 0. The molecule has 12 rings (SSSR count). The van der Waals surface area contributed by atoms with Gasteiger partial charge < -0.3 is 13.7 Å². The first kappa shape index (κ1) is 35.8. The molecule has 0 bridgehead atoms. The molecular formula is C57H32N6. The number of hydrogen-bond donors (Lipinski definition) is 0. The van der Waals surface area contributed by atoms with Crippen molar-refractivity contribution in [1.29, 1.82) is 15.8 Å². The van der Waals surface area contributed by atoms with Gasteiger partial charge in [0.1, 0.15) is 6.07 Å². The first-order valence-electron chi connectivity index (χ1n) is 20.8. The van der Waals surface area contributed by atoms with E-state index in [-0.39, 0.29) is 0 Å². The molecule has 6 nitrogen and oxygen atoms in total. The number of para-hydroxylation sites is 3. The van der Waals surface area contributed by atoms with Gasteiger partial charge in [0.05, 0.1) is 67.6 Å². The number of nitrogens with zero attached hydrogens (tertiary/aromatic N) is 6. The first-order valence-corrected chi connectivity index (χ1v) is 20.8. The minimum Gasteiger partial charge on any atom is -0.308 e. The molecule has 0 aliphatic rings. The second-order valence-corrected chi connectivity index (χ2v) is 15.8. The van der Waals surface area contributed by atoms with Crippen LogP contribution in [-0.4, -0.2) is 13.7 Å². The van der Waals surface area contributed by atoms with Crippen molar-refractivity contribution in [3.8, 4) is 57.5 Å². The molecule has 290 valence electrons. The molecule has 6 heteroatoms. The lowest BCUT2D eigenvalue weighted by molar-refractivity contribution is 1.16. The molecule has 0 saturated carbocycles. The predicted molar refractivity (Wildman–Crippen MR) is 254 cm³/mol. The van der Waals surface area contributed by atoms with Gasteiger partial charge in [-0.2, -0.15) is 15.8 Å². The van der Waals surface area contributed by atoms with Gasteiger partial charge in [-0.15, -0.1) is 0 Å². The van der Waals surface area contributed by atoms with Gasteiger partial charge in [0.25, 0.3) is 0 Å². The number of rotatable bonds is 5. The SMILES string of the molecule is N#Cc1cccc(-n2c3ccccc3c3c2c2c4ccccc4n(-c4ccc(-c5cccc(-c6ccccc6)c5)cc4C#N)c2c2c4ccccc4n(-c4cccc(C#N)c4)c32)c1. The van der Waals surface area contributed by atoms with Crippen molar-refractivity contribution in [2.75, 3.05) is 0 Å². The van der Waals surface area contributed by atoms with Crippen LogP contribution < -0.4 is 0 Å². The van der Waals surface area contributed by atoms with Crippen LogP contribution in [0.15, 0.2) is 194 Å². The summed E-state index contributed by atoms with van der Waals surface area (Å²) in [6.07, 6.45) is 0. The van der Waals surface area contributed by atoms with E-state index in [0.29, 0.717) is 16.7 Å². The number of hydrogen-bond acceptors (Lipinski definition) is 3. The molecule has 3 aromatic heterocycles. The monoisotopic (exact) mass is 800 g/mol. The maximum absolute atomic E-state index is 11.1. The normalized spacial score (nSPS) is 11.4. The van der Waals surface area contributed by atoms with E-state index in [4.69, 9.17) is 0 Å². The van der Waals surface area contributed by atoms with E-state index in [1.165, 1.54) is 0 Å². The molecule has 0 radical (unpaired) electrons. The topological polar surface area (TPSA) is 86.2 Å². The molecule has 3 heterocycles. The van der Waals surface area contributed by atoms with Crippen LogP contribution in [0.4, 0.5) is 0 Å². The Labute approximate surface area is 361 Å². The Morgan fingerprint density at radius 1 is 0.317 bits per heavy atom. The summed E-state index contributed by atoms with van der Waals surface area (Å²) in [6, 6.07) is 73.3. The summed E-state index contributed by atoms with van der Waals surface area (Å²) in [5.74, 6) is 0. The summed E-state index contributed by atoms with van der Waals surface area (Å²) in [6.45, 7) is 0. The third kappa shape index (κ3) is 5.28. The lowest BCUT2D eigenvalue weighted by Gasteiger charge is -2.15. The molecule has 0 N–H and O–H groups in total. The van der Waals surface area contributed by atoms with Crippen molar-refractivity contribution < 1.29 is 0 Å². The molecule has 0 aliphatic heterocycles. The van der Waals surface area contributed by atoms with E-state index in [2.05, 4.69) is 165 Å². The van der Waals surface area contributed by atoms with Gasteiger partial charge in [-0.1, -0.05) is 121 Å². The summed E-state index contributed by atoms with van der Waals surface area (Å²) < 4.78 is 6.88. The fourth-order valence-corrected chi connectivity index (χ4v) is 9.87. The second-order valence-electron chi connectivity index (χ2n) is 15.8. The van der Waals surface area contributed by atoms with Gasteiger partial charge in [0.2, 0.25) is 0 Å². The van der Waals surface area contributed by atoms with E-state index in [1.807, 2.05) is 60.7 Å². The van der Waals surface area contributed by atoms with Gasteiger partial charge >= 0.3 is 0 Å². The van der Waals surface area contributed by atoms with Gasteiger partial charge in [-0.25, -0.2) is 0 Å². The number of benzene rings is 9. The Kier molecular flexibility index (Phi) is 7.93. The highest BCUT2D eigenvalue weighted by Crippen LogP contribution is 2.50. The molecule has 0 unspecified atom stereocenters. The number of fused-ring (bicyclic) bond motifs is 12. The van der Waals surface area contributed by atoms with E-state index in [9.17, 15) is 15.8 Å². The summed E-state index contributed by atoms with van der Waals surface area (Å²) in [5.41, 5.74) is 14.3. The summed E-state index contributed by atoms with van der Waals surface area (Å²) in [7, 11) is 0. The van der Waals surface area contributed by atoms with Crippen LogP contribution in [-0.2, 0) is 0 Å². The third-order valence-corrected chi connectivity index (χ3v) is 12.5. The van der Waals surface area contributed by atoms with Crippen LogP contribution in [0.2, 0.25) is 0 Å². The van der Waals surface area contributed by atoms with Crippen molar-refractivity contribution in [3.63, 3.8) is 0 Å². The van der Waals surface area contributed by atoms with Crippen LogP contribution in [0, 0.1) is 34.0 Å². The summed E-state index contributed by atoms with van der Waals surface area (Å²) >= 11 is 0. The molecule has 0 fully saturated rings. The van der Waals surface area contributed by atoms with Crippen molar-refractivity contribution in [3.05, 3.63) is 211 Å². The highest BCUT2D eigenvalue weighted by Gasteiger charge is 2.29. The van der Waals surface area contributed by atoms with Gasteiger partial charge in [-0.05, 0) is 95.1 Å². The fourth-order valence-electron chi connectivity index (χ4n) is 9.87. The molecule has 63 heavy (non-hydrogen) atoms. The minimum absolute atomic E-state index is 0.543. The lowest BCUT2D eigenvalue weighted by Crippen LogP contribution is -2.00. The zero-order valence-corrected chi connectivity index (χ0v) is 33.7. The quantitative estimate of drug-likeness (QED) is 0.174. The van der Waals surface area contributed by atoms with Crippen molar-refractivity contribution in [2.45, 2.75) is 0 Å². The molecule has 12 aromatic rings. The van der Waals surface area contributed by atoms with Crippen molar-refractivity contribution in [1.82, 2.24) is 13.7 Å². The van der Waals surface area contributed by atoms with Gasteiger partial charge in [0, 0.05) is 43.7 Å². The van der Waals surface area contributed by atoms with E-state index >= 15 is 0 Å². The number of nitriles is 3. The fraction of sp³-hybridized carbons (Fsp3) is 0. The molecule has 0 amide bonds. The zero-order chi connectivity index (χ0) is 42.2. The standard InChI is InChI=1S/C57H32N6/c58-33-36-13-10-19-43(29-36)61-49-24-7-4-21-45(49)52-55-53(46-22-5-8-25-50(46)62(55)44-20-11-14-37(30-44)34-59)57-54(56(52)61)47-23-6-9-26-51(47)63(57)48-28-27-41(32-42(48)35-60)40-18-12-17-39(31-40)38-15-2-1-3-16-38/h1-32H. The molecule has 0 aliphatic carbocycles. The Balaban J connectivity index is 1.29. The maximum atomic E-state index is 11.1. The second kappa shape index (κ2) is 14.0. The molecule has 0 spiro atoms. The van der Waals surface area contributed by atoms with Crippen LogP contribution >= 0.6 is 0 Å². The smallest absolute Gasteiger partial charge is 0.101 e. The largest absolute Gasteiger partial charge is 0.308 e. The van der Waals surface area contributed by atoms with Crippen LogP contribution in [0.25, 0.3) is 105 Å². The highest BCUT2D eigenvalue weighted by atomic mass is 15.0. The van der Waals surface area contributed by atoms with E-state index in [1.54, 1.807) is 0 Å². The first-order chi connectivity index (χ1) is 31.1. The Hall–Kier alpha value is -9.15. The molecule has 0 atom stereocenters. The van der Waals surface area contributed by atoms with Crippen molar-refractivity contribution in [2.24, 2.45) is 0 Å². The summed E-state index contributed by atoms with van der Waals surface area (Å²) in [5, 5.41) is 37.7. The zero-order valence-electron chi connectivity index (χ0n) is 33.7. The van der Waals surface area contributed by atoms with E-state index in [0.717, 1.165) is 105 Å². The van der Waals surface area contributed by atoms with Crippen LogP contribution in [0.5, 0.6) is 0 Å². The maximum Gasteiger partial charge on any atom is 0.101 e. The van der Waals surface area contributed by atoms with E-state index < -0.39 is 0 Å². The third-order valence-electron chi connectivity index (χ3n) is 12.5. The van der Waals surface area contributed by atoms with Crippen molar-refractivity contribution >= 4 is 65.4 Å². The highest BCUT2D eigenvalue weighted by molar-refractivity contribution is 6.40. The Morgan fingerprint density at radius 3 is 1.27 bits per heavy atom. The Bertz CT molecular complexity index is 3920. The van der Waals surface area contributed by atoms with Crippen LogP contribution in [0.3, 0.4) is 0 Å². The minimum atomic E-state index is 0.543. The molecule has 9 aromatic carbocycles. The predicted octanol–water partition coefficient (Wildman–Crippen LogP) is 13.9. The lowest BCUT2D eigenvalue weighted by atomic mass is 9.97. The van der Waals surface area contributed by atoms with Gasteiger partial charge in [-0.3, -0.25) is 0 Å². The average molecular weight is 801 g/mol. The molecule has 0 saturated heterocycles. The molecular weight excluding hydrogens is 769 g/mol. The van der Waals surface area contributed by atoms with Crippen LogP contribution in [0.1, 0.15) is 16.7 Å².